The summed E-state index contributed by atoms with van der Waals surface area (Å²) in [6.45, 7) is 10.2. The van der Waals surface area contributed by atoms with E-state index in [0.717, 1.165) is 35.1 Å². The first-order chi connectivity index (χ1) is 14.5. The number of nitrogens with zero attached hydrogens (tertiary/aromatic N) is 4. The van der Waals surface area contributed by atoms with Crippen molar-refractivity contribution in [2.45, 2.75) is 46.9 Å². The lowest BCUT2D eigenvalue weighted by Gasteiger charge is -2.17. The highest BCUT2D eigenvalue weighted by Crippen LogP contribution is 2.21. The smallest absolute Gasteiger partial charge is 0.191 e. The van der Waals surface area contributed by atoms with Crippen LogP contribution in [0.5, 0.6) is 5.75 Å². The van der Waals surface area contributed by atoms with E-state index in [1.807, 2.05) is 26.0 Å². The Morgan fingerprint density at radius 1 is 1.13 bits per heavy atom. The minimum atomic E-state index is 0.132. The number of aryl methyl sites for hydroxylation is 1. The molecule has 0 aliphatic heterocycles. The summed E-state index contributed by atoms with van der Waals surface area (Å²) in [5.74, 6) is 1.69. The van der Waals surface area contributed by atoms with Gasteiger partial charge >= 0.3 is 0 Å². The molecule has 0 bridgehead atoms. The maximum atomic E-state index is 5.98. The maximum Gasteiger partial charge on any atom is 0.191 e. The predicted octanol–water partition coefficient (Wildman–Crippen LogP) is 3.62. The van der Waals surface area contributed by atoms with Gasteiger partial charge in [0.1, 0.15) is 18.4 Å². The average Bonchev–Trinajstić information content (AvgIpc) is 3.26. The third-order valence-electron chi connectivity index (χ3n) is 4.42. The van der Waals surface area contributed by atoms with Crippen molar-refractivity contribution in [3.63, 3.8) is 0 Å². The van der Waals surface area contributed by atoms with E-state index in [2.05, 4.69) is 64.9 Å². The number of ether oxygens (including phenoxy) is 1. The molecule has 0 amide bonds. The van der Waals surface area contributed by atoms with Gasteiger partial charge in [-0.05, 0) is 57.0 Å². The van der Waals surface area contributed by atoms with Crippen LogP contribution in [-0.2, 0) is 13.1 Å². The third kappa shape index (κ3) is 6.07. The quantitative estimate of drug-likeness (QED) is 0.441. The molecule has 0 radical (unpaired) electrons. The van der Waals surface area contributed by atoms with Crippen LogP contribution in [0.1, 0.15) is 37.5 Å². The van der Waals surface area contributed by atoms with Crippen molar-refractivity contribution in [3.05, 3.63) is 71.8 Å². The topological polar surface area (TPSA) is 76.4 Å². The molecular weight excluding hydrogens is 376 g/mol. The Morgan fingerprint density at radius 2 is 1.93 bits per heavy atom. The number of aromatic nitrogens is 3. The molecule has 0 aliphatic rings. The minimum absolute atomic E-state index is 0.132. The molecule has 0 aliphatic carbocycles. The van der Waals surface area contributed by atoms with Gasteiger partial charge in [-0.25, -0.2) is 14.7 Å². The second-order valence-electron chi connectivity index (χ2n) is 7.33. The molecular formula is C23H30N6O. The van der Waals surface area contributed by atoms with Crippen LogP contribution in [0.25, 0.3) is 5.69 Å². The van der Waals surface area contributed by atoms with Crippen LogP contribution < -0.4 is 15.4 Å². The second kappa shape index (κ2) is 10.4. The van der Waals surface area contributed by atoms with Gasteiger partial charge < -0.3 is 15.4 Å². The molecule has 3 aromatic rings. The van der Waals surface area contributed by atoms with E-state index in [1.165, 1.54) is 11.9 Å². The number of hydrogen-bond acceptors (Lipinski definition) is 4. The number of benzene rings is 2. The fraction of sp³-hybridized carbons (Fsp3) is 0.348. The van der Waals surface area contributed by atoms with Crippen LogP contribution in [0, 0.1) is 6.92 Å². The van der Waals surface area contributed by atoms with Crippen molar-refractivity contribution in [2.75, 3.05) is 6.54 Å². The summed E-state index contributed by atoms with van der Waals surface area (Å²) in [5.41, 5.74) is 4.39. The molecule has 2 aromatic carbocycles. The van der Waals surface area contributed by atoms with Crippen molar-refractivity contribution < 1.29 is 4.74 Å². The Labute approximate surface area is 178 Å². The molecule has 158 valence electrons. The van der Waals surface area contributed by atoms with Crippen molar-refractivity contribution in [3.8, 4) is 11.4 Å². The first-order valence-electron chi connectivity index (χ1n) is 10.3. The van der Waals surface area contributed by atoms with Gasteiger partial charge in [-0.15, -0.1) is 0 Å². The maximum absolute atomic E-state index is 5.98. The first-order valence-corrected chi connectivity index (χ1v) is 10.3. The van der Waals surface area contributed by atoms with Crippen LogP contribution in [-0.4, -0.2) is 33.4 Å². The molecule has 0 atom stereocenters. The molecule has 7 nitrogen and oxygen atoms in total. The molecule has 2 N–H and O–H groups in total. The van der Waals surface area contributed by atoms with Gasteiger partial charge in [0.05, 0.1) is 18.3 Å². The van der Waals surface area contributed by atoms with Gasteiger partial charge in [-0.2, -0.15) is 5.10 Å². The van der Waals surface area contributed by atoms with Crippen LogP contribution >= 0.6 is 0 Å². The average molecular weight is 407 g/mol. The van der Waals surface area contributed by atoms with E-state index in [-0.39, 0.29) is 6.10 Å². The molecule has 1 aromatic heterocycles. The molecule has 1 heterocycles. The van der Waals surface area contributed by atoms with Gasteiger partial charge in [0.15, 0.2) is 5.96 Å². The Bertz CT molecular complexity index is 948. The molecule has 7 heteroatoms. The van der Waals surface area contributed by atoms with Crippen molar-refractivity contribution in [2.24, 2.45) is 4.99 Å². The van der Waals surface area contributed by atoms with Gasteiger partial charge in [-0.3, -0.25) is 0 Å². The second-order valence-corrected chi connectivity index (χ2v) is 7.33. The fourth-order valence-electron chi connectivity index (χ4n) is 2.96. The molecule has 0 saturated carbocycles. The van der Waals surface area contributed by atoms with E-state index in [9.17, 15) is 0 Å². The summed E-state index contributed by atoms with van der Waals surface area (Å²) in [7, 11) is 0. The number of hydrogen-bond donors (Lipinski definition) is 2. The summed E-state index contributed by atoms with van der Waals surface area (Å²) in [6, 6.07) is 14.4. The summed E-state index contributed by atoms with van der Waals surface area (Å²) in [4.78, 5) is 8.70. The number of nitrogens with one attached hydrogen (secondary N) is 2. The predicted molar refractivity (Wildman–Crippen MR) is 120 cm³/mol. The van der Waals surface area contributed by atoms with E-state index in [1.54, 1.807) is 11.0 Å². The number of rotatable bonds is 8. The number of guanidine groups is 1. The van der Waals surface area contributed by atoms with E-state index < -0.39 is 0 Å². The molecule has 0 saturated heterocycles. The highest BCUT2D eigenvalue weighted by molar-refractivity contribution is 5.79. The summed E-state index contributed by atoms with van der Waals surface area (Å²) in [6.07, 6.45) is 3.34. The van der Waals surface area contributed by atoms with E-state index in [4.69, 9.17) is 9.73 Å². The largest absolute Gasteiger partial charge is 0.491 e. The van der Waals surface area contributed by atoms with Crippen LogP contribution in [0.4, 0.5) is 0 Å². The monoisotopic (exact) mass is 406 g/mol. The van der Waals surface area contributed by atoms with Gasteiger partial charge in [0.25, 0.3) is 0 Å². The Morgan fingerprint density at radius 3 is 2.60 bits per heavy atom. The lowest BCUT2D eigenvalue weighted by Crippen LogP contribution is -2.36. The third-order valence-corrected chi connectivity index (χ3v) is 4.42. The zero-order valence-corrected chi connectivity index (χ0v) is 18.1. The van der Waals surface area contributed by atoms with Crippen molar-refractivity contribution >= 4 is 5.96 Å². The minimum Gasteiger partial charge on any atom is -0.491 e. The number of aliphatic imine (C=N–C) groups is 1. The summed E-state index contributed by atoms with van der Waals surface area (Å²) < 4.78 is 7.71. The standard InChI is InChI=1S/C23H30N6O/c1-5-25-23(27-14-20-9-6-18(4)12-22(20)30-17(2)3)26-13-19-7-10-21(11-8-19)29-16-24-15-28-29/h6-12,15-17H,5,13-14H2,1-4H3,(H2,25,26,27). The normalized spacial score (nSPS) is 11.6. The molecule has 30 heavy (non-hydrogen) atoms. The van der Waals surface area contributed by atoms with Crippen LogP contribution in [0.2, 0.25) is 0 Å². The van der Waals surface area contributed by atoms with Gasteiger partial charge in [-0.1, -0.05) is 24.3 Å². The lowest BCUT2D eigenvalue weighted by atomic mass is 10.1. The fourth-order valence-corrected chi connectivity index (χ4v) is 2.96. The van der Waals surface area contributed by atoms with E-state index >= 15 is 0 Å². The first kappa shape index (κ1) is 21.4. The zero-order valence-electron chi connectivity index (χ0n) is 18.1. The Balaban J connectivity index is 1.65. The zero-order chi connectivity index (χ0) is 21.3. The van der Waals surface area contributed by atoms with Gasteiger partial charge in [0, 0.05) is 18.7 Å². The Hall–Kier alpha value is -3.35. The van der Waals surface area contributed by atoms with Crippen LogP contribution in [0.3, 0.4) is 0 Å². The van der Waals surface area contributed by atoms with Crippen LogP contribution in [0.15, 0.2) is 60.1 Å². The molecule has 3 rings (SSSR count). The lowest BCUT2D eigenvalue weighted by molar-refractivity contribution is 0.239. The highest BCUT2D eigenvalue weighted by atomic mass is 16.5. The van der Waals surface area contributed by atoms with Gasteiger partial charge in [0.2, 0.25) is 0 Å². The van der Waals surface area contributed by atoms with Crippen molar-refractivity contribution in [1.29, 1.82) is 0 Å². The molecule has 0 fully saturated rings. The highest BCUT2D eigenvalue weighted by Gasteiger charge is 2.07. The summed E-state index contributed by atoms with van der Waals surface area (Å²) >= 11 is 0. The summed E-state index contributed by atoms with van der Waals surface area (Å²) in [5, 5.41) is 10.9. The van der Waals surface area contributed by atoms with Crippen molar-refractivity contribution in [1.82, 2.24) is 25.4 Å². The molecule has 0 spiro atoms. The Kier molecular flexibility index (Phi) is 7.43. The molecule has 0 unspecified atom stereocenters. The van der Waals surface area contributed by atoms with E-state index in [0.29, 0.717) is 13.1 Å². The SMILES string of the molecule is CCNC(=NCc1ccc(-n2cncn2)cc1)NCc1ccc(C)cc1OC(C)C.